The molecule has 8 heteroatoms. The second-order valence-electron chi connectivity index (χ2n) is 8.03. The zero-order chi connectivity index (χ0) is 21.5. The number of imidazole rings is 1. The van der Waals surface area contributed by atoms with Crippen LogP contribution in [0.5, 0.6) is 11.5 Å². The van der Waals surface area contributed by atoms with Crippen molar-refractivity contribution < 1.29 is 18.7 Å². The third kappa shape index (κ3) is 3.48. The second-order valence-corrected chi connectivity index (χ2v) is 8.03. The largest absolute Gasteiger partial charge is 0.485 e. The summed E-state index contributed by atoms with van der Waals surface area (Å²) in [6, 6.07) is 17.1. The predicted octanol–water partition coefficient (Wildman–Crippen LogP) is 3.42. The molecule has 1 N–H and O–H groups in total. The van der Waals surface area contributed by atoms with Gasteiger partial charge >= 0.3 is 0 Å². The van der Waals surface area contributed by atoms with Gasteiger partial charge in [-0.1, -0.05) is 12.1 Å². The number of aromatic nitrogens is 2. The minimum Gasteiger partial charge on any atom is -0.485 e. The lowest BCUT2D eigenvalue weighted by atomic mass is 10.2. The first-order chi connectivity index (χ1) is 15.7. The van der Waals surface area contributed by atoms with E-state index in [0.717, 1.165) is 48.8 Å². The van der Waals surface area contributed by atoms with Crippen LogP contribution in [0.15, 0.2) is 65.3 Å². The number of nitrogens with zero attached hydrogens (tertiary/aromatic N) is 3. The molecule has 0 bridgehead atoms. The van der Waals surface area contributed by atoms with Gasteiger partial charge in [0.15, 0.2) is 11.5 Å². The average Bonchev–Trinajstić information content (AvgIpc) is 3.45. The van der Waals surface area contributed by atoms with E-state index in [1.165, 1.54) is 0 Å². The zero-order valence-corrected chi connectivity index (χ0v) is 17.4. The van der Waals surface area contributed by atoms with E-state index in [0.29, 0.717) is 17.2 Å². The standard InChI is InChI=1S/C24H22N4O4/c29-24(22-15-31-20-5-1-2-6-21(20)32-22)25-16-7-8-19-18(12-16)26-23-14-27(9-10-28(19)23)13-17-4-3-11-30-17/h1-8,11-12,22H,9-10,13-15H2,(H,25,29)/t22-/m0/s1. The molecule has 0 unspecified atom stereocenters. The molecule has 2 aliphatic rings. The van der Waals surface area contributed by atoms with Gasteiger partial charge in [-0.3, -0.25) is 9.69 Å². The normalized spacial score (nSPS) is 17.8. The molecule has 1 amide bonds. The number of anilines is 1. The lowest BCUT2D eigenvalue weighted by molar-refractivity contribution is -0.125. The van der Waals surface area contributed by atoms with E-state index in [1.54, 1.807) is 12.3 Å². The zero-order valence-electron chi connectivity index (χ0n) is 17.4. The van der Waals surface area contributed by atoms with Gasteiger partial charge in [0, 0.05) is 18.8 Å². The Morgan fingerprint density at radius 1 is 1.09 bits per heavy atom. The molecule has 0 radical (unpaired) electrons. The first kappa shape index (κ1) is 18.9. The number of furan rings is 1. The van der Waals surface area contributed by atoms with Crippen molar-refractivity contribution in [2.45, 2.75) is 25.7 Å². The Morgan fingerprint density at radius 2 is 2.00 bits per heavy atom. The Kier molecular flexibility index (Phi) is 4.57. The van der Waals surface area contributed by atoms with Gasteiger partial charge < -0.3 is 23.8 Å². The summed E-state index contributed by atoms with van der Waals surface area (Å²) in [6.07, 6.45) is 0.999. The molecule has 1 atom stereocenters. The summed E-state index contributed by atoms with van der Waals surface area (Å²) in [7, 11) is 0. The summed E-state index contributed by atoms with van der Waals surface area (Å²) in [5.74, 6) is 2.96. The highest BCUT2D eigenvalue weighted by Gasteiger charge is 2.27. The molecule has 32 heavy (non-hydrogen) atoms. The highest BCUT2D eigenvalue weighted by atomic mass is 16.6. The third-order valence-electron chi connectivity index (χ3n) is 5.86. The van der Waals surface area contributed by atoms with Gasteiger partial charge in [0.25, 0.3) is 5.91 Å². The summed E-state index contributed by atoms with van der Waals surface area (Å²) in [5.41, 5.74) is 2.62. The van der Waals surface area contributed by atoms with Crippen LogP contribution in [0.25, 0.3) is 11.0 Å². The van der Waals surface area contributed by atoms with Crippen LogP contribution in [0.3, 0.4) is 0 Å². The Balaban J connectivity index is 1.17. The van der Waals surface area contributed by atoms with Crippen molar-refractivity contribution in [2.75, 3.05) is 18.5 Å². The Hall–Kier alpha value is -3.78. The van der Waals surface area contributed by atoms with Crippen molar-refractivity contribution in [1.29, 1.82) is 0 Å². The minimum absolute atomic E-state index is 0.176. The molecule has 162 valence electrons. The Morgan fingerprint density at radius 3 is 2.88 bits per heavy atom. The van der Waals surface area contributed by atoms with Crippen LogP contribution in [0.2, 0.25) is 0 Å². The fourth-order valence-corrected chi connectivity index (χ4v) is 4.28. The Bertz CT molecular complexity index is 1280. The van der Waals surface area contributed by atoms with Gasteiger partial charge in [-0.2, -0.15) is 0 Å². The number of para-hydroxylation sites is 2. The SMILES string of the molecule is O=C(Nc1ccc2c(c1)nc1n2CCN(Cc2ccco2)C1)[C@@H]1COc2ccccc2O1. The second kappa shape index (κ2) is 7.72. The number of fused-ring (bicyclic) bond motifs is 4. The number of ether oxygens (including phenoxy) is 2. The van der Waals surface area contributed by atoms with Crippen molar-refractivity contribution in [3.8, 4) is 11.5 Å². The first-order valence-electron chi connectivity index (χ1n) is 10.7. The fraction of sp³-hybridized carbons (Fsp3) is 0.250. The summed E-state index contributed by atoms with van der Waals surface area (Å²) in [4.78, 5) is 19.9. The van der Waals surface area contributed by atoms with Crippen LogP contribution in [0.4, 0.5) is 5.69 Å². The smallest absolute Gasteiger partial charge is 0.269 e. The predicted molar refractivity (Wildman–Crippen MR) is 118 cm³/mol. The molecule has 0 aliphatic carbocycles. The van der Waals surface area contributed by atoms with E-state index < -0.39 is 6.10 Å². The molecular formula is C24H22N4O4. The molecule has 8 nitrogen and oxygen atoms in total. The van der Waals surface area contributed by atoms with Crippen molar-refractivity contribution in [3.63, 3.8) is 0 Å². The maximum absolute atomic E-state index is 12.7. The lowest BCUT2D eigenvalue weighted by Crippen LogP contribution is -2.40. The summed E-state index contributed by atoms with van der Waals surface area (Å²) >= 11 is 0. The molecule has 2 aromatic heterocycles. The topological polar surface area (TPSA) is 81.8 Å². The fourth-order valence-electron chi connectivity index (χ4n) is 4.28. The highest BCUT2D eigenvalue weighted by Crippen LogP contribution is 2.31. The first-order valence-corrected chi connectivity index (χ1v) is 10.7. The number of amides is 1. The van der Waals surface area contributed by atoms with E-state index in [9.17, 15) is 4.79 Å². The van der Waals surface area contributed by atoms with Gasteiger partial charge in [-0.25, -0.2) is 4.98 Å². The molecule has 4 aromatic rings. The summed E-state index contributed by atoms with van der Waals surface area (Å²) in [6.45, 7) is 3.49. The van der Waals surface area contributed by atoms with E-state index in [1.807, 2.05) is 48.5 Å². The van der Waals surface area contributed by atoms with Gasteiger partial charge in [-0.15, -0.1) is 0 Å². The summed E-state index contributed by atoms with van der Waals surface area (Å²) < 4.78 is 19.2. The van der Waals surface area contributed by atoms with Crippen LogP contribution in [-0.4, -0.2) is 39.6 Å². The molecule has 4 heterocycles. The number of nitrogens with one attached hydrogen (secondary N) is 1. The molecular weight excluding hydrogens is 408 g/mol. The monoisotopic (exact) mass is 430 g/mol. The van der Waals surface area contributed by atoms with E-state index in [2.05, 4.69) is 14.8 Å². The van der Waals surface area contributed by atoms with Gasteiger partial charge in [0.05, 0.1) is 30.4 Å². The maximum Gasteiger partial charge on any atom is 0.269 e. The van der Waals surface area contributed by atoms with Crippen LogP contribution in [-0.2, 0) is 24.4 Å². The van der Waals surface area contributed by atoms with E-state index in [4.69, 9.17) is 18.9 Å². The molecule has 6 rings (SSSR count). The number of rotatable bonds is 4. The van der Waals surface area contributed by atoms with E-state index in [-0.39, 0.29) is 12.5 Å². The van der Waals surface area contributed by atoms with Crippen LogP contribution in [0.1, 0.15) is 11.6 Å². The Labute approximate surface area is 184 Å². The molecule has 2 aliphatic heterocycles. The maximum atomic E-state index is 12.7. The third-order valence-corrected chi connectivity index (χ3v) is 5.86. The van der Waals surface area contributed by atoms with Gasteiger partial charge in [0.1, 0.15) is 18.2 Å². The number of carbonyl (C=O) groups excluding carboxylic acids is 1. The van der Waals surface area contributed by atoms with Crippen molar-refractivity contribution in [3.05, 3.63) is 72.4 Å². The molecule has 0 spiro atoms. The van der Waals surface area contributed by atoms with Crippen molar-refractivity contribution >= 4 is 22.6 Å². The molecule has 0 fully saturated rings. The lowest BCUT2D eigenvalue weighted by Gasteiger charge is -2.27. The van der Waals surface area contributed by atoms with Gasteiger partial charge in [-0.05, 0) is 42.5 Å². The highest BCUT2D eigenvalue weighted by molar-refractivity contribution is 5.96. The number of carbonyl (C=O) groups is 1. The van der Waals surface area contributed by atoms with E-state index >= 15 is 0 Å². The average molecular weight is 430 g/mol. The van der Waals surface area contributed by atoms with Crippen molar-refractivity contribution in [1.82, 2.24) is 14.5 Å². The number of hydrogen-bond acceptors (Lipinski definition) is 6. The van der Waals surface area contributed by atoms with Gasteiger partial charge in [0.2, 0.25) is 6.10 Å². The molecule has 2 aromatic carbocycles. The number of benzene rings is 2. The molecule has 0 saturated heterocycles. The molecule has 0 saturated carbocycles. The quantitative estimate of drug-likeness (QED) is 0.534. The minimum atomic E-state index is -0.703. The van der Waals surface area contributed by atoms with Crippen LogP contribution in [0, 0.1) is 0 Å². The summed E-state index contributed by atoms with van der Waals surface area (Å²) in [5, 5.41) is 2.94. The van der Waals surface area contributed by atoms with Crippen LogP contribution < -0.4 is 14.8 Å². The van der Waals surface area contributed by atoms with Crippen LogP contribution >= 0.6 is 0 Å². The number of hydrogen-bond donors (Lipinski definition) is 1. The van der Waals surface area contributed by atoms with Crippen molar-refractivity contribution in [2.24, 2.45) is 0 Å².